The van der Waals surface area contributed by atoms with Crippen LogP contribution in [0.1, 0.15) is 12.5 Å². The molecule has 0 fully saturated rings. The summed E-state index contributed by atoms with van der Waals surface area (Å²) in [4.78, 5) is 8.47. The number of anilines is 2. The first kappa shape index (κ1) is 19.2. The van der Waals surface area contributed by atoms with E-state index in [2.05, 4.69) is 30.2 Å². The molecule has 0 saturated carbocycles. The summed E-state index contributed by atoms with van der Waals surface area (Å²) in [5, 5.41) is 18.8. The Hall–Kier alpha value is -3.58. The Bertz CT molecular complexity index is 942. The van der Waals surface area contributed by atoms with Gasteiger partial charge in [0.2, 0.25) is 5.95 Å². The van der Waals surface area contributed by atoms with E-state index in [1.165, 1.54) is 0 Å². The standard InChI is InChI=1S/C18H16F2N6O2/c1-11(10-27-17(19)20)28-15-6-12(2-3-13(15)7-21)14-8-22-18(23-9-14)25-16-4-5-24-26-16/h2-6,8-9,11,17H,10H2,1H3,(H2,22,23,24,25,26)/t11-/m0/s1. The van der Waals surface area contributed by atoms with Gasteiger partial charge in [0.1, 0.15) is 23.7 Å². The molecule has 0 spiro atoms. The van der Waals surface area contributed by atoms with Crippen LogP contribution in [0.5, 0.6) is 5.75 Å². The predicted octanol–water partition coefficient (Wildman–Crippen LogP) is 3.49. The monoisotopic (exact) mass is 386 g/mol. The average Bonchev–Trinajstić information content (AvgIpc) is 3.20. The number of H-pyrrole nitrogens is 1. The van der Waals surface area contributed by atoms with Crippen LogP contribution in [0.15, 0.2) is 42.9 Å². The van der Waals surface area contributed by atoms with E-state index in [1.807, 2.05) is 6.07 Å². The van der Waals surface area contributed by atoms with Crippen molar-refractivity contribution in [1.82, 2.24) is 20.2 Å². The molecule has 1 atom stereocenters. The summed E-state index contributed by atoms with van der Waals surface area (Å²) < 4.78 is 34.2. The predicted molar refractivity (Wildman–Crippen MR) is 96.1 cm³/mol. The van der Waals surface area contributed by atoms with Crippen molar-refractivity contribution >= 4 is 11.8 Å². The highest BCUT2D eigenvalue weighted by Gasteiger charge is 2.13. The number of hydrogen-bond donors (Lipinski definition) is 2. The van der Waals surface area contributed by atoms with Crippen molar-refractivity contribution < 1.29 is 18.3 Å². The number of benzene rings is 1. The van der Waals surface area contributed by atoms with Crippen molar-refractivity contribution in [1.29, 1.82) is 5.26 Å². The first-order chi connectivity index (χ1) is 13.5. The van der Waals surface area contributed by atoms with E-state index in [-0.39, 0.29) is 17.9 Å². The minimum absolute atomic E-state index is 0.269. The Labute approximate surface area is 159 Å². The molecule has 28 heavy (non-hydrogen) atoms. The van der Waals surface area contributed by atoms with Gasteiger partial charge in [-0.25, -0.2) is 9.97 Å². The molecule has 0 unspecified atom stereocenters. The third-order valence-electron chi connectivity index (χ3n) is 3.62. The van der Waals surface area contributed by atoms with E-state index in [0.29, 0.717) is 22.9 Å². The van der Waals surface area contributed by atoms with Gasteiger partial charge in [0, 0.05) is 24.0 Å². The van der Waals surface area contributed by atoms with Gasteiger partial charge in [-0.2, -0.15) is 19.1 Å². The number of alkyl halides is 2. The molecule has 10 heteroatoms. The number of aromatic amines is 1. The Kier molecular flexibility index (Phi) is 6.08. The lowest BCUT2D eigenvalue weighted by Crippen LogP contribution is -2.21. The van der Waals surface area contributed by atoms with Gasteiger partial charge in [0.05, 0.1) is 18.4 Å². The quantitative estimate of drug-likeness (QED) is 0.610. The van der Waals surface area contributed by atoms with E-state index >= 15 is 0 Å². The molecule has 1 aromatic carbocycles. The summed E-state index contributed by atoms with van der Waals surface area (Å²) in [6.45, 7) is -1.60. The molecule has 8 nitrogen and oxygen atoms in total. The molecule has 0 aliphatic rings. The number of nitriles is 1. The van der Waals surface area contributed by atoms with Gasteiger partial charge >= 0.3 is 6.61 Å². The van der Waals surface area contributed by atoms with Crippen LogP contribution in [0.25, 0.3) is 11.1 Å². The van der Waals surface area contributed by atoms with Gasteiger partial charge in [-0.15, -0.1) is 0 Å². The number of ether oxygens (including phenoxy) is 2. The third kappa shape index (κ3) is 4.99. The van der Waals surface area contributed by atoms with E-state index in [9.17, 15) is 14.0 Å². The number of hydrogen-bond acceptors (Lipinski definition) is 7. The molecule has 0 aliphatic heterocycles. The maximum absolute atomic E-state index is 12.2. The normalized spacial score (nSPS) is 11.8. The molecule has 0 saturated heterocycles. The lowest BCUT2D eigenvalue weighted by atomic mass is 10.1. The summed E-state index contributed by atoms with van der Waals surface area (Å²) in [6, 6.07) is 8.70. The summed E-state index contributed by atoms with van der Waals surface area (Å²) >= 11 is 0. The topological polar surface area (TPSA) is 109 Å². The maximum Gasteiger partial charge on any atom is 0.345 e. The van der Waals surface area contributed by atoms with Gasteiger partial charge in [-0.3, -0.25) is 5.10 Å². The molecule has 144 valence electrons. The fourth-order valence-corrected chi connectivity index (χ4v) is 2.34. The molecule has 2 heterocycles. The van der Waals surface area contributed by atoms with Crippen LogP contribution in [-0.2, 0) is 4.74 Å². The SMILES string of the molecule is C[C@@H](COC(F)F)Oc1cc(-c2cnc(Nc3ccn[nH]3)nc2)ccc1C#N. The van der Waals surface area contributed by atoms with Crippen LogP contribution >= 0.6 is 0 Å². The number of nitrogens with zero attached hydrogens (tertiary/aromatic N) is 4. The van der Waals surface area contributed by atoms with E-state index in [1.54, 1.807) is 49.8 Å². The number of rotatable bonds is 8. The van der Waals surface area contributed by atoms with Crippen LogP contribution < -0.4 is 10.1 Å². The summed E-state index contributed by atoms with van der Waals surface area (Å²) in [5.74, 6) is 1.31. The average molecular weight is 386 g/mol. The van der Waals surface area contributed by atoms with Crippen LogP contribution in [0.2, 0.25) is 0 Å². The zero-order chi connectivity index (χ0) is 19.9. The van der Waals surface area contributed by atoms with Crippen molar-refractivity contribution in [3.63, 3.8) is 0 Å². The second-order valence-electron chi connectivity index (χ2n) is 5.74. The molecule has 0 radical (unpaired) electrons. The Morgan fingerprint density at radius 3 is 2.64 bits per heavy atom. The Balaban J connectivity index is 1.75. The van der Waals surface area contributed by atoms with Gasteiger partial charge in [-0.1, -0.05) is 6.07 Å². The second kappa shape index (κ2) is 8.88. The fraction of sp³-hybridized carbons (Fsp3) is 0.222. The van der Waals surface area contributed by atoms with Crippen molar-refractivity contribution in [2.75, 3.05) is 11.9 Å². The van der Waals surface area contributed by atoms with Gasteiger partial charge in [-0.05, 0) is 24.6 Å². The lowest BCUT2D eigenvalue weighted by molar-refractivity contribution is -0.142. The highest BCUT2D eigenvalue weighted by molar-refractivity contribution is 5.66. The zero-order valence-electron chi connectivity index (χ0n) is 14.8. The van der Waals surface area contributed by atoms with Crippen molar-refractivity contribution in [3.05, 3.63) is 48.4 Å². The molecule has 3 rings (SSSR count). The van der Waals surface area contributed by atoms with Crippen LogP contribution in [0.4, 0.5) is 20.5 Å². The van der Waals surface area contributed by atoms with E-state index < -0.39 is 12.7 Å². The maximum atomic E-state index is 12.2. The largest absolute Gasteiger partial charge is 0.487 e. The molecule has 0 aliphatic carbocycles. The van der Waals surface area contributed by atoms with E-state index in [4.69, 9.17) is 4.74 Å². The first-order valence-electron chi connectivity index (χ1n) is 8.24. The molecule has 0 bridgehead atoms. The smallest absolute Gasteiger partial charge is 0.345 e. The first-order valence-corrected chi connectivity index (χ1v) is 8.24. The number of nitrogens with one attached hydrogen (secondary N) is 2. The van der Waals surface area contributed by atoms with Crippen molar-refractivity contribution in [2.45, 2.75) is 19.6 Å². The summed E-state index contributed by atoms with van der Waals surface area (Å²) in [5.41, 5.74) is 1.69. The van der Waals surface area contributed by atoms with Gasteiger partial charge < -0.3 is 14.8 Å². The molecular formula is C18H16F2N6O2. The third-order valence-corrected chi connectivity index (χ3v) is 3.62. The molecule has 3 aromatic rings. The van der Waals surface area contributed by atoms with Gasteiger partial charge in [0.15, 0.2) is 0 Å². The molecule has 0 amide bonds. The molecule has 2 N–H and O–H groups in total. The number of aromatic nitrogens is 4. The van der Waals surface area contributed by atoms with Crippen LogP contribution in [-0.4, -0.2) is 39.5 Å². The fourth-order valence-electron chi connectivity index (χ4n) is 2.34. The Morgan fingerprint density at radius 1 is 1.21 bits per heavy atom. The van der Waals surface area contributed by atoms with Gasteiger partial charge in [0.25, 0.3) is 0 Å². The van der Waals surface area contributed by atoms with Crippen LogP contribution in [0, 0.1) is 11.3 Å². The minimum Gasteiger partial charge on any atom is -0.487 e. The van der Waals surface area contributed by atoms with Crippen LogP contribution in [0.3, 0.4) is 0 Å². The molecule has 2 aromatic heterocycles. The highest BCUT2D eigenvalue weighted by atomic mass is 19.3. The lowest BCUT2D eigenvalue weighted by Gasteiger charge is -2.16. The summed E-state index contributed by atoms with van der Waals surface area (Å²) in [6.07, 6.45) is 4.16. The zero-order valence-corrected chi connectivity index (χ0v) is 14.8. The number of halogens is 2. The Morgan fingerprint density at radius 2 is 2.00 bits per heavy atom. The second-order valence-corrected chi connectivity index (χ2v) is 5.74. The van der Waals surface area contributed by atoms with Crippen molar-refractivity contribution in [3.8, 4) is 22.9 Å². The van der Waals surface area contributed by atoms with E-state index in [0.717, 1.165) is 0 Å². The minimum atomic E-state index is -2.88. The summed E-state index contributed by atoms with van der Waals surface area (Å²) in [7, 11) is 0. The molecular weight excluding hydrogens is 370 g/mol. The highest BCUT2D eigenvalue weighted by Crippen LogP contribution is 2.27. The van der Waals surface area contributed by atoms with Crippen molar-refractivity contribution in [2.24, 2.45) is 0 Å².